The molecule has 1 spiro atoms. The molecule has 6 rings (SSSR count). The summed E-state index contributed by atoms with van der Waals surface area (Å²) < 4.78 is 0. The van der Waals surface area contributed by atoms with Crippen molar-refractivity contribution in [2.45, 2.75) is 75.0 Å². The van der Waals surface area contributed by atoms with Gasteiger partial charge in [-0.15, -0.1) is 0 Å². The lowest BCUT2D eigenvalue weighted by Crippen LogP contribution is -2.58. The molecule has 0 bridgehead atoms. The summed E-state index contributed by atoms with van der Waals surface area (Å²) in [7, 11) is 0. The van der Waals surface area contributed by atoms with E-state index in [-0.39, 0.29) is 11.6 Å². The second kappa shape index (κ2) is 11.3. The summed E-state index contributed by atoms with van der Waals surface area (Å²) in [5.74, 6) is -1.71. The van der Waals surface area contributed by atoms with Gasteiger partial charge in [0.2, 0.25) is 0 Å². The SMILES string of the molecule is O=C(O)C=CC(=O)O.OC1CCN(c2ccccc2)C12CCN(C1CCC3CCCc4cccc1c43)CC2. The summed E-state index contributed by atoms with van der Waals surface area (Å²) in [5.41, 5.74) is 6.17. The second-order valence-corrected chi connectivity index (χ2v) is 11.0. The zero-order valence-electron chi connectivity index (χ0n) is 21.8. The van der Waals surface area contributed by atoms with Crippen LogP contribution in [-0.2, 0) is 16.0 Å². The maximum absolute atomic E-state index is 11.0. The number of carboxylic acids is 2. The Labute approximate surface area is 224 Å². The third kappa shape index (κ3) is 5.22. The molecule has 0 saturated carbocycles. The van der Waals surface area contributed by atoms with Crippen molar-refractivity contribution in [1.29, 1.82) is 0 Å². The van der Waals surface area contributed by atoms with Crippen LogP contribution in [0.5, 0.6) is 0 Å². The van der Waals surface area contributed by atoms with Gasteiger partial charge in [0.15, 0.2) is 0 Å². The number of nitrogens with zero attached hydrogens (tertiary/aromatic N) is 2. The van der Waals surface area contributed by atoms with E-state index in [4.69, 9.17) is 10.2 Å². The number of aliphatic carboxylic acids is 2. The van der Waals surface area contributed by atoms with Crippen molar-refractivity contribution in [2.24, 2.45) is 0 Å². The highest BCUT2D eigenvalue weighted by Gasteiger charge is 2.50. The highest BCUT2D eigenvalue weighted by molar-refractivity contribution is 5.89. The van der Waals surface area contributed by atoms with E-state index in [1.165, 1.54) is 37.8 Å². The van der Waals surface area contributed by atoms with Gasteiger partial charge in [-0.1, -0.05) is 36.4 Å². The molecular weight excluding hydrogens is 480 g/mol. The van der Waals surface area contributed by atoms with Crippen molar-refractivity contribution in [1.82, 2.24) is 4.90 Å². The van der Waals surface area contributed by atoms with E-state index in [0.717, 1.165) is 44.8 Å². The molecule has 2 saturated heterocycles. The van der Waals surface area contributed by atoms with Crippen molar-refractivity contribution in [3.63, 3.8) is 0 Å². The van der Waals surface area contributed by atoms with Crippen LogP contribution in [0.4, 0.5) is 5.69 Å². The fourth-order valence-electron chi connectivity index (χ4n) is 7.39. The van der Waals surface area contributed by atoms with E-state index in [1.807, 2.05) is 0 Å². The summed E-state index contributed by atoms with van der Waals surface area (Å²) in [4.78, 5) is 24.4. The normalized spacial score (nSPS) is 26.0. The van der Waals surface area contributed by atoms with Gasteiger partial charge >= 0.3 is 11.9 Å². The van der Waals surface area contributed by atoms with Crippen LogP contribution < -0.4 is 4.90 Å². The van der Waals surface area contributed by atoms with Gasteiger partial charge in [-0.25, -0.2) is 9.59 Å². The van der Waals surface area contributed by atoms with E-state index in [9.17, 15) is 14.7 Å². The molecule has 2 fully saturated rings. The molecule has 7 heteroatoms. The summed E-state index contributed by atoms with van der Waals surface area (Å²) in [6.45, 7) is 3.17. The van der Waals surface area contributed by atoms with Crippen LogP contribution in [0.3, 0.4) is 0 Å². The Hall–Kier alpha value is -3.16. The van der Waals surface area contributed by atoms with E-state index in [0.29, 0.717) is 18.2 Å². The minimum Gasteiger partial charge on any atom is -0.478 e. The molecule has 2 heterocycles. The van der Waals surface area contributed by atoms with Crippen molar-refractivity contribution in [3.8, 4) is 0 Å². The van der Waals surface area contributed by atoms with E-state index in [1.54, 1.807) is 16.7 Å². The summed E-state index contributed by atoms with van der Waals surface area (Å²) >= 11 is 0. The molecule has 2 aliphatic heterocycles. The number of likely N-dealkylation sites (tertiary alicyclic amines) is 1. The molecule has 0 aromatic heterocycles. The summed E-state index contributed by atoms with van der Waals surface area (Å²) in [5, 5.41) is 26.7. The van der Waals surface area contributed by atoms with Crippen molar-refractivity contribution in [2.75, 3.05) is 24.5 Å². The highest BCUT2D eigenvalue weighted by Crippen LogP contribution is 2.49. The quantitative estimate of drug-likeness (QED) is 0.502. The number of para-hydroxylation sites is 1. The molecule has 2 aromatic carbocycles. The van der Waals surface area contributed by atoms with Gasteiger partial charge in [-0.2, -0.15) is 0 Å². The van der Waals surface area contributed by atoms with E-state index < -0.39 is 11.9 Å². The standard InChI is InChI=1S/C27H34N2O.C4H4O4/c30-25-14-17-29(22-9-2-1-3-10-22)27(25)15-18-28(19-16-27)24-13-12-21-7-4-6-20-8-5-11-23(24)26(20)21;5-3(6)1-2-4(7)8/h1-3,5,8-11,21,24-25,30H,4,6-7,12-19H2;1-2H,(H,5,6)(H,7,8). The summed E-state index contributed by atoms with van der Waals surface area (Å²) in [6.07, 6.45) is 10.6. The average Bonchev–Trinajstić information content (AvgIpc) is 3.24. The van der Waals surface area contributed by atoms with Crippen molar-refractivity contribution >= 4 is 17.6 Å². The number of aliphatic hydroxyl groups is 1. The predicted molar refractivity (Wildman–Crippen MR) is 146 cm³/mol. The topological polar surface area (TPSA) is 101 Å². The Morgan fingerprint density at radius 2 is 1.55 bits per heavy atom. The molecule has 0 radical (unpaired) electrons. The van der Waals surface area contributed by atoms with Gasteiger partial charge < -0.3 is 20.2 Å². The molecule has 4 aliphatic rings. The first-order valence-corrected chi connectivity index (χ1v) is 13.9. The third-order valence-electron chi connectivity index (χ3n) is 9.11. The fourth-order valence-corrected chi connectivity index (χ4v) is 7.39. The predicted octanol–water partition coefficient (Wildman–Crippen LogP) is 4.76. The van der Waals surface area contributed by atoms with Gasteiger partial charge in [0.25, 0.3) is 0 Å². The van der Waals surface area contributed by atoms with Crippen LogP contribution in [0.1, 0.15) is 73.6 Å². The van der Waals surface area contributed by atoms with Crippen LogP contribution in [0.15, 0.2) is 60.7 Å². The summed E-state index contributed by atoms with van der Waals surface area (Å²) in [6, 6.07) is 18.4. The first-order chi connectivity index (χ1) is 18.4. The number of rotatable bonds is 4. The van der Waals surface area contributed by atoms with E-state index in [2.05, 4.69) is 58.3 Å². The molecule has 0 amide bonds. The van der Waals surface area contributed by atoms with E-state index >= 15 is 0 Å². The van der Waals surface area contributed by atoms with Crippen LogP contribution >= 0.6 is 0 Å². The molecule has 3 N–H and O–H groups in total. The number of aryl methyl sites for hydroxylation is 1. The Morgan fingerprint density at radius 1 is 0.842 bits per heavy atom. The largest absolute Gasteiger partial charge is 0.478 e. The Kier molecular flexibility index (Phi) is 7.86. The first kappa shape index (κ1) is 26.4. The molecule has 2 aliphatic carbocycles. The molecule has 202 valence electrons. The Morgan fingerprint density at radius 3 is 2.24 bits per heavy atom. The Bertz CT molecular complexity index is 1160. The van der Waals surface area contributed by atoms with Crippen LogP contribution in [0.25, 0.3) is 0 Å². The van der Waals surface area contributed by atoms with Crippen LogP contribution in [0.2, 0.25) is 0 Å². The number of anilines is 1. The van der Waals surface area contributed by atoms with Crippen LogP contribution in [-0.4, -0.2) is 63.4 Å². The third-order valence-corrected chi connectivity index (χ3v) is 9.11. The molecule has 3 unspecified atom stereocenters. The molecule has 7 nitrogen and oxygen atoms in total. The Balaban J connectivity index is 0.000000323. The van der Waals surface area contributed by atoms with Gasteiger partial charge in [0.05, 0.1) is 11.6 Å². The maximum atomic E-state index is 11.0. The molecule has 2 aromatic rings. The number of piperidine rings is 1. The molecule has 38 heavy (non-hydrogen) atoms. The maximum Gasteiger partial charge on any atom is 0.328 e. The van der Waals surface area contributed by atoms with Gasteiger partial charge in [-0.05, 0) is 86.1 Å². The van der Waals surface area contributed by atoms with Crippen molar-refractivity contribution in [3.05, 3.63) is 77.4 Å². The second-order valence-electron chi connectivity index (χ2n) is 11.0. The number of benzene rings is 2. The average molecular weight is 519 g/mol. The van der Waals surface area contributed by atoms with Gasteiger partial charge in [0.1, 0.15) is 0 Å². The zero-order valence-corrected chi connectivity index (χ0v) is 21.8. The lowest BCUT2D eigenvalue weighted by Gasteiger charge is -2.50. The highest BCUT2D eigenvalue weighted by atomic mass is 16.4. The number of carbonyl (C=O) groups is 2. The number of carboxylic acid groups (broad SMARTS) is 2. The smallest absolute Gasteiger partial charge is 0.328 e. The van der Waals surface area contributed by atoms with Crippen LogP contribution in [0, 0.1) is 0 Å². The lowest BCUT2D eigenvalue weighted by atomic mass is 9.71. The van der Waals surface area contributed by atoms with Crippen molar-refractivity contribution < 1.29 is 24.9 Å². The zero-order chi connectivity index (χ0) is 26.7. The fraction of sp³-hybridized carbons (Fsp3) is 0.484. The molecular formula is C31H38N2O5. The first-order valence-electron chi connectivity index (χ1n) is 13.9. The number of aliphatic hydroxyl groups excluding tert-OH is 1. The lowest BCUT2D eigenvalue weighted by molar-refractivity contribution is -0.134. The number of hydrogen-bond acceptors (Lipinski definition) is 5. The molecule has 3 atom stereocenters. The minimum atomic E-state index is -1.26. The number of hydrogen-bond donors (Lipinski definition) is 3. The van der Waals surface area contributed by atoms with Gasteiger partial charge in [0, 0.05) is 43.5 Å². The minimum absolute atomic E-state index is 0.0782. The van der Waals surface area contributed by atoms with Gasteiger partial charge in [-0.3, -0.25) is 4.90 Å². The monoisotopic (exact) mass is 518 g/mol.